The van der Waals surface area contributed by atoms with E-state index in [9.17, 15) is 9.90 Å². The second-order valence-electron chi connectivity index (χ2n) is 4.68. The first kappa shape index (κ1) is 15.9. The number of H-pyrrole nitrogens is 1. The number of nitriles is 2. The van der Waals surface area contributed by atoms with Gasteiger partial charge in [0, 0.05) is 12.1 Å². The maximum Gasteiger partial charge on any atom is 0.281 e. The third-order valence-electron chi connectivity index (χ3n) is 3.43. The predicted molar refractivity (Wildman–Crippen MR) is 79.7 cm³/mol. The van der Waals surface area contributed by atoms with Crippen LogP contribution in [0, 0.1) is 36.5 Å². The molecule has 0 aromatic carbocycles. The van der Waals surface area contributed by atoms with Crippen LogP contribution in [0.25, 0.3) is 0 Å². The number of hydrogen-bond donors (Lipinski definition) is 2. The lowest BCUT2D eigenvalue weighted by Gasteiger charge is -2.12. The van der Waals surface area contributed by atoms with Crippen LogP contribution in [-0.2, 0) is 6.54 Å². The minimum Gasteiger partial charge on any atom is -0.494 e. The monoisotopic (exact) mass is 311 g/mol. The molecule has 0 amide bonds. The lowest BCUT2D eigenvalue weighted by Crippen LogP contribution is -2.20. The largest absolute Gasteiger partial charge is 0.494 e. The Morgan fingerprint density at radius 3 is 2.48 bits per heavy atom. The van der Waals surface area contributed by atoms with Crippen molar-refractivity contribution >= 4 is 11.6 Å². The molecule has 9 heteroatoms. The number of azo groups is 1. The fraction of sp³-hybridized carbons (Fsp3) is 0.286. The molecule has 0 spiro atoms. The first-order valence-electron chi connectivity index (χ1n) is 6.69. The van der Waals surface area contributed by atoms with Gasteiger partial charge in [0.25, 0.3) is 5.56 Å². The molecule has 0 unspecified atom stereocenters. The molecular formula is C14H13N7O2. The lowest BCUT2D eigenvalue weighted by atomic mass is 10.1. The quantitative estimate of drug-likeness (QED) is 0.834. The zero-order chi connectivity index (χ0) is 17.1. The summed E-state index contributed by atoms with van der Waals surface area (Å²) in [5.41, 5.74) is 0.487. The van der Waals surface area contributed by atoms with Gasteiger partial charge in [-0.15, -0.1) is 10.2 Å². The predicted octanol–water partition coefficient (Wildman–Crippen LogP) is 2.07. The van der Waals surface area contributed by atoms with Crippen LogP contribution in [0.2, 0.25) is 0 Å². The van der Waals surface area contributed by atoms with E-state index in [1.54, 1.807) is 32.9 Å². The van der Waals surface area contributed by atoms with Gasteiger partial charge in [-0.3, -0.25) is 9.36 Å². The highest BCUT2D eigenvalue weighted by atomic mass is 16.3. The summed E-state index contributed by atoms with van der Waals surface area (Å²) in [7, 11) is 0. The van der Waals surface area contributed by atoms with E-state index in [1.807, 2.05) is 0 Å². The van der Waals surface area contributed by atoms with E-state index in [2.05, 4.69) is 20.2 Å². The van der Waals surface area contributed by atoms with Crippen LogP contribution in [0.3, 0.4) is 0 Å². The van der Waals surface area contributed by atoms with Gasteiger partial charge >= 0.3 is 0 Å². The number of hydrogen-bond acceptors (Lipinski definition) is 7. The highest BCUT2D eigenvalue weighted by molar-refractivity contribution is 5.51. The van der Waals surface area contributed by atoms with Gasteiger partial charge in [0.15, 0.2) is 23.0 Å². The highest BCUT2D eigenvalue weighted by Gasteiger charge is 2.16. The molecule has 2 N–H and O–H groups in total. The molecule has 2 heterocycles. The van der Waals surface area contributed by atoms with Crippen molar-refractivity contribution in [2.45, 2.75) is 27.3 Å². The molecule has 2 aromatic heterocycles. The molecule has 0 saturated carbocycles. The van der Waals surface area contributed by atoms with E-state index < -0.39 is 5.56 Å². The SMILES string of the molecule is CCn1c(O)c(C)c(C)c(N=Nc2nc(C#N)c(C#N)[nH]2)c1=O. The lowest BCUT2D eigenvalue weighted by molar-refractivity contribution is 0.406. The summed E-state index contributed by atoms with van der Waals surface area (Å²) in [5, 5.41) is 35.3. The number of imidazole rings is 1. The van der Waals surface area contributed by atoms with Crippen molar-refractivity contribution in [2.24, 2.45) is 10.2 Å². The third-order valence-corrected chi connectivity index (χ3v) is 3.43. The van der Waals surface area contributed by atoms with Crippen molar-refractivity contribution in [2.75, 3.05) is 0 Å². The van der Waals surface area contributed by atoms with Crippen LogP contribution >= 0.6 is 0 Å². The summed E-state index contributed by atoms with van der Waals surface area (Å²) in [6.45, 7) is 5.33. The number of nitrogens with one attached hydrogen (secondary N) is 1. The van der Waals surface area contributed by atoms with Crippen molar-refractivity contribution in [1.82, 2.24) is 14.5 Å². The van der Waals surface area contributed by atoms with Gasteiger partial charge in [-0.1, -0.05) is 0 Å². The fourth-order valence-electron chi connectivity index (χ4n) is 2.01. The summed E-state index contributed by atoms with van der Waals surface area (Å²) in [6.07, 6.45) is 0. The molecule has 2 rings (SSSR count). The molecule has 0 aliphatic rings. The summed E-state index contributed by atoms with van der Waals surface area (Å²) in [4.78, 5) is 18.6. The minimum atomic E-state index is -0.482. The van der Waals surface area contributed by atoms with Crippen LogP contribution in [0.1, 0.15) is 29.4 Å². The van der Waals surface area contributed by atoms with Gasteiger partial charge in [-0.25, -0.2) is 0 Å². The molecule has 0 atom stereocenters. The maximum atomic E-state index is 12.3. The average Bonchev–Trinajstić information content (AvgIpc) is 2.95. The zero-order valence-electron chi connectivity index (χ0n) is 12.7. The summed E-state index contributed by atoms with van der Waals surface area (Å²) in [5.74, 6) is -0.156. The molecule has 0 bridgehead atoms. The van der Waals surface area contributed by atoms with Crippen LogP contribution in [0.4, 0.5) is 11.6 Å². The molecule has 23 heavy (non-hydrogen) atoms. The molecule has 0 radical (unpaired) electrons. The van der Waals surface area contributed by atoms with E-state index in [0.29, 0.717) is 11.1 Å². The van der Waals surface area contributed by atoms with Gasteiger partial charge in [0.2, 0.25) is 5.95 Å². The van der Waals surface area contributed by atoms with Crippen molar-refractivity contribution in [3.05, 3.63) is 32.9 Å². The summed E-state index contributed by atoms with van der Waals surface area (Å²) >= 11 is 0. The second kappa shape index (κ2) is 6.12. The number of pyridine rings is 1. The maximum absolute atomic E-state index is 12.3. The van der Waals surface area contributed by atoms with Crippen molar-refractivity contribution in [1.29, 1.82) is 10.5 Å². The minimum absolute atomic E-state index is 0.0222. The molecule has 2 aromatic rings. The Morgan fingerprint density at radius 1 is 1.26 bits per heavy atom. The standard InChI is InChI=1S/C14H13N7O2/c1-4-21-12(22)8(3)7(2)11(13(21)23)19-20-14-17-9(5-15)10(6-16)18-14/h22H,4H2,1-3H3,(H,17,18). The Bertz CT molecular complexity index is 906. The topological polar surface area (TPSA) is 143 Å². The van der Waals surface area contributed by atoms with E-state index in [0.717, 1.165) is 0 Å². The Kier molecular flexibility index (Phi) is 4.23. The van der Waals surface area contributed by atoms with Crippen molar-refractivity contribution in [3.8, 4) is 18.0 Å². The Hall–Kier alpha value is -3.46. The van der Waals surface area contributed by atoms with Crippen LogP contribution < -0.4 is 5.56 Å². The number of rotatable bonds is 3. The molecule has 0 aliphatic heterocycles. The first-order chi connectivity index (χ1) is 10.9. The number of aromatic hydroxyl groups is 1. The normalized spacial score (nSPS) is 10.7. The van der Waals surface area contributed by atoms with Gasteiger partial charge < -0.3 is 10.1 Å². The molecular weight excluding hydrogens is 298 g/mol. The third kappa shape index (κ3) is 2.68. The molecule has 0 aliphatic carbocycles. The van der Waals surface area contributed by atoms with E-state index in [4.69, 9.17) is 10.5 Å². The van der Waals surface area contributed by atoms with Gasteiger partial charge in [0.1, 0.15) is 12.1 Å². The van der Waals surface area contributed by atoms with Gasteiger partial charge in [-0.05, 0) is 26.3 Å². The molecule has 9 nitrogen and oxygen atoms in total. The smallest absolute Gasteiger partial charge is 0.281 e. The summed E-state index contributed by atoms with van der Waals surface area (Å²) < 4.78 is 1.18. The van der Waals surface area contributed by atoms with E-state index in [-0.39, 0.29) is 35.4 Å². The van der Waals surface area contributed by atoms with Gasteiger partial charge in [-0.2, -0.15) is 15.5 Å². The fourth-order valence-corrected chi connectivity index (χ4v) is 2.01. The van der Waals surface area contributed by atoms with E-state index >= 15 is 0 Å². The molecule has 0 saturated heterocycles. The van der Waals surface area contributed by atoms with Gasteiger partial charge in [0.05, 0.1) is 0 Å². The van der Waals surface area contributed by atoms with E-state index in [1.165, 1.54) is 4.57 Å². The Balaban J connectivity index is 2.55. The Morgan fingerprint density at radius 2 is 1.96 bits per heavy atom. The summed E-state index contributed by atoms with van der Waals surface area (Å²) in [6, 6.07) is 3.54. The van der Waals surface area contributed by atoms with Crippen molar-refractivity contribution < 1.29 is 5.11 Å². The Labute approximate surface area is 131 Å². The zero-order valence-corrected chi connectivity index (χ0v) is 12.7. The number of aromatic nitrogens is 3. The number of aromatic amines is 1. The average molecular weight is 311 g/mol. The molecule has 116 valence electrons. The van der Waals surface area contributed by atoms with Crippen LogP contribution in [0.15, 0.2) is 15.0 Å². The first-order valence-corrected chi connectivity index (χ1v) is 6.69. The van der Waals surface area contributed by atoms with Crippen LogP contribution in [0.5, 0.6) is 5.88 Å². The highest BCUT2D eigenvalue weighted by Crippen LogP contribution is 2.26. The van der Waals surface area contributed by atoms with Crippen molar-refractivity contribution in [3.63, 3.8) is 0 Å². The number of nitrogens with zero attached hydrogens (tertiary/aromatic N) is 6. The second-order valence-corrected chi connectivity index (χ2v) is 4.68. The molecule has 0 fully saturated rings. The van der Waals surface area contributed by atoms with Crippen LogP contribution in [-0.4, -0.2) is 19.6 Å².